The number of alkyl halides is 1. The van der Waals surface area contributed by atoms with Crippen molar-refractivity contribution in [2.75, 3.05) is 13.0 Å². The Morgan fingerprint density at radius 3 is 2.63 bits per heavy atom. The highest BCUT2D eigenvalue weighted by atomic mass is 35.5. The van der Waals surface area contributed by atoms with Crippen LogP contribution in [0.2, 0.25) is 0 Å². The molecule has 2 aromatic rings. The van der Waals surface area contributed by atoms with E-state index in [0.29, 0.717) is 18.3 Å². The molecule has 4 heteroatoms. The van der Waals surface area contributed by atoms with Crippen molar-refractivity contribution in [1.29, 1.82) is 0 Å². The fraction of sp³-hybridized carbons (Fsp3) is 0.267. The Morgan fingerprint density at radius 2 is 1.95 bits per heavy atom. The van der Waals surface area contributed by atoms with Crippen molar-refractivity contribution in [3.63, 3.8) is 0 Å². The van der Waals surface area contributed by atoms with Crippen LogP contribution in [0.25, 0.3) is 0 Å². The summed E-state index contributed by atoms with van der Waals surface area (Å²) in [7, 11) is 1.62. The first-order valence-corrected chi connectivity index (χ1v) is 6.71. The van der Waals surface area contributed by atoms with Crippen molar-refractivity contribution in [2.45, 2.75) is 12.6 Å². The first kappa shape index (κ1) is 13.8. The Morgan fingerprint density at radius 1 is 1.16 bits per heavy atom. The molecular weight excluding hydrogens is 260 g/mol. The van der Waals surface area contributed by atoms with Crippen LogP contribution in [0.1, 0.15) is 17.3 Å². The predicted molar refractivity (Wildman–Crippen MR) is 77.5 cm³/mol. The Bertz CT molecular complexity index is 505. The van der Waals surface area contributed by atoms with E-state index in [1.165, 1.54) is 5.56 Å². The number of methoxy groups -OCH3 is 1. The van der Waals surface area contributed by atoms with E-state index >= 15 is 0 Å². The van der Waals surface area contributed by atoms with Gasteiger partial charge in [-0.3, -0.25) is 0 Å². The summed E-state index contributed by atoms with van der Waals surface area (Å²) in [6, 6.07) is 16.0. The molecule has 0 radical (unpaired) electrons. The minimum Gasteiger partial charge on any atom is -0.481 e. The molecule has 1 aromatic heterocycles. The van der Waals surface area contributed by atoms with Crippen LogP contribution < -0.4 is 10.1 Å². The largest absolute Gasteiger partial charge is 0.481 e. The molecule has 1 heterocycles. The number of nitrogens with one attached hydrogen (secondary N) is 1. The van der Waals surface area contributed by atoms with Gasteiger partial charge in [0.25, 0.3) is 0 Å². The SMILES string of the molecule is COc1cccc(CNC(CCl)c2ccccc2)n1. The van der Waals surface area contributed by atoms with E-state index in [1.54, 1.807) is 7.11 Å². The van der Waals surface area contributed by atoms with Crippen molar-refractivity contribution >= 4 is 11.6 Å². The highest BCUT2D eigenvalue weighted by Crippen LogP contribution is 2.15. The van der Waals surface area contributed by atoms with Gasteiger partial charge in [-0.25, -0.2) is 4.98 Å². The van der Waals surface area contributed by atoms with E-state index in [9.17, 15) is 0 Å². The lowest BCUT2D eigenvalue weighted by Gasteiger charge is -2.16. The zero-order valence-electron chi connectivity index (χ0n) is 10.8. The van der Waals surface area contributed by atoms with Gasteiger partial charge in [-0.15, -0.1) is 11.6 Å². The number of pyridine rings is 1. The summed E-state index contributed by atoms with van der Waals surface area (Å²) in [4.78, 5) is 4.36. The van der Waals surface area contributed by atoms with Gasteiger partial charge < -0.3 is 10.1 Å². The molecule has 0 fully saturated rings. The van der Waals surface area contributed by atoms with Gasteiger partial charge in [0.2, 0.25) is 5.88 Å². The quantitative estimate of drug-likeness (QED) is 0.823. The molecule has 1 unspecified atom stereocenters. The number of rotatable bonds is 6. The van der Waals surface area contributed by atoms with E-state index in [2.05, 4.69) is 22.4 Å². The fourth-order valence-corrected chi connectivity index (χ4v) is 2.13. The van der Waals surface area contributed by atoms with Crippen LogP contribution in [-0.4, -0.2) is 18.0 Å². The minimum atomic E-state index is 0.121. The Kier molecular flexibility index (Phi) is 5.19. The summed E-state index contributed by atoms with van der Waals surface area (Å²) in [6.07, 6.45) is 0. The fourth-order valence-electron chi connectivity index (χ4n) is 1.84. The molecule has 1 N–H and O–H groups in total. The predicted octanol–water partition coefficient (Wildman–Crippen LogP) is 3.16. The molecule has 0 aliphatic rings. The first-order valence-electron chi connectivity index (χ1n) is 6.17. The topological polar surface area (TPSA) is 34.1 Å². The molecule has 2 rings (SSSR count). The standard InChI is InChI=1S/C15H17ClN2O/c1-19-15-9-5-8-13(18-15)11-17-14(10-16)12-6-3-2-4-7-12/h2-9,14,17H,10-11H2,1H3. The van der Waals surface area contributed by atoms with Crippen molar-refractivity contribution in [3.8, 4) is 5.88 Å². The van der Waals surface area contributed by atoms with Crippen LogP contribution in [0, 0.1) is 0 Å². The molecule has 19 heavy (non-hydrogen) atoms. The van der Waals surface area contributed by atoms with E-state index in [-0.39, 0.29) is 6.04 Å². The maximum Gasteiger partial charge on any atom is 0.213 e. The average Bonchev–Trinajstić information content (AvgIpc) is 2.49. The summed E-state index contributed by atoms with van der Waals surface area (Å²) >= 11 is 6.02. The summed E-state index contributed by atoms with van der Waals surface area (Å²) in [6.45, 7) is 0.656. The molecule has 100 valence electrons. The lowest BCUT2D eigenvalue weighted by atomic mass is 10.1. The molecule has 1 aromatic carbocycles. The molecule has 0 spiro atoms. The second-order valence-corrected chi connectivity index (χ2v) is 4.48. The number of nitrogens with zero attached hydrogens (tertiary/aromatic N) is 1. The van der Waals surface area contributed by atoms with Gasteiger partial charge in [0.1, 0.15) is 0 Å². The lowest BCUT2D eigenvalue weighted by molar-refractivity contribution is 0.395. The summed E-state index contributed by atoms with van der Waals surface area (Å²) in [5.41, 5.74) is 2.12. The number of halogens is 1. The monoisotopic (exact) mass is 276 g/mol. The third-order valence-corrected chi connectivity index (χ3v) is 3.18. The van der Waals surface area contributed by atoms with Gasteiger partial charge in [0.15, 0.2) is 0 Å². The number of benzene rings is 1. The molecule has 0 saturated heterocycles. The van der Waals surface area contributed by atoms with Crippen LogP contribution in [-0.2, 0) is 6.54 Å². The molecule has 3 nitrogen and oxygen atoms in total. The van der Waals surface area contributed by atoms with E-state index in [1.807, 2.05) is 36.4 Å². The highest BCUT2D eigenvalue weighted by Gasteiger charge is 2.09. The first-order chi connectivity index (χ1) is 9.33. The maximum atomic E-state index is 6.02. The number of ether oxygens (including phenoxy) is 1. The van der Waals surface area contributed by atoms with Crippen molar-refractivity contribution in [1.82, 2.24) is 10.3 Å². The van der Waals surface area contributed by atoms with Gasteiger partial charge >= 0.3 is 0 Å². The zero-order chi connectivity index (χ0) is 13.5. The summed E-state index contributed by atoms with van der Waals surface area (Å²) in [5.74, 6) is 1.15. The van der Waals surface area contributed by atoms with Crippen molar-refractivity contribution in [3.05, 3.63) is 59.8 Å². The summed E-state index contributed by atoms with van der Waals surface area (Å²) < 4.78 is 5.11. The Hall–Kier alpha value is -1.58. The summed E-state index contributed by atoms with van der Waals surface area (Å²) in [5, 5.41) is 3.40. The van der Waals surface area contributed by atoms with Crippen LogP contribution in [0.3, 0.4) is 0 Å². The van der Waals surface area contributed by atoms with Crippen molar-refractivity contribution < 1.29 is 4.74 Å². The highest BCUT2D eigenvalue weighted by molar-refractivity contribution is 6.18. The van der Waals surface area contributed by atoms with Crippen LogP contribution in [0.4, 0.5) is 0 Å². The molecule has 0 amide bonds. The van der Waals surface area contributed by atoms with Crippen LogP contribution in [0.15, 0.2) is 48.5 Å². The molecule has 1 atom stereocenters. The number of aromatic nitrogens is 1. The van der Waals surface area contributed by atoms with Crippen LogP contribution >= 0.6 is 11.6 Å². The zero-order valence-corrected chi connectivity index (χ0v) is 11.6. The van der Waals surface area contributed by atoms with Crippen molar-refractivity contribution in [2.24, 2.45) is 0 Å². The Balaban J connectivity index is 2.00. The number of hydrogen-bond acceptors (Lipinski definition) is 3. The van der Waals surface area contributed by atoms with E-state index < -0.39 is 0 Å². The smallest absolute Gasteiger partial charge is 0.213 e. The van der Waals surface area contributed by atoms with Gasteiger partial charge in [-0.2, -0.15) is 0 Å². The lowest BCUT2D eigenvalue weighted by Crippen LogP contribution is -2.22. The molecule has 0 bridgehead atoms. The van der Waals surface area contributed by atoms with E-state index in [4.69, 9.17) is 16.3 Å². The second kappa shape index (κ2) is 7.12. The maximum absolute atomic E-state index is 6.02. The average molecular weight is 277 g/mol. The number of hydrogen-bond donors (Lipinski definition) is 1. The molecule has 0 saturated carbocycles. The van der Waals surface area contributed by atoms with Gasteiger partial charge in [0, 0.05) is 24.5 Å². The molecule has 0 aliphatic heterocycles. The van der Waals surface area contributed by atoms with E-state index in [0.717, 1.165) is 5.69 Å². The molecular formula is C15H17ClN2O. The minimum absolute atomic E-state index is 0.121. The second-order valence-electron chi connectivity index (χ2n) is 4.17. The van der Waals surface area contributed by atoms with Gasteiger partial charge in [-0.05, 0) is 11.6 Å². The van der Waals surface area contributed by atoms with Gasteiger partial charge in [0.05, 0.1) is 12.8 Å². The Labute approximate surface area is 118 Å². The van der Waals surface area contributed by atoms with Gasteiger partial charge in [-0.1, -0.05) is 36.4 Å². The third kappa shape index (κ3) is 3.94. The molecule has 0 aliphatic carbocycles. The third-order valence-electron chi connectivity index (χ3n) is 2.88. The van der Waals surface area contributed by atoms with Crippen LogP contribution in [0.5, 0.6) is 5.88 Å². The normalized spacial score (nSPS) is 12.1.